The number of halogens is 1. The van der Waals surface area contributed by atoms with Gasteiger partial charge in [-0.15, -0.1) is 0 Å². The average Bonchev–Trinajstić information content (AvgIpc) is 3.23. The Hall–Kier alpha value is -2.88. The number of rotatable bonds is 7. The Bertz CT molecular complexity index is 863. The minimum Gasteiger partial charge on any atom is -0.466 e. The monoisotopic (exact) mass is 338 g/mol. The largest absolute Gasteiger partial charge is 0.466 e. The number of hydrogen-bond acceptors (Lipinski definition) is 9. The van der Waals surface area contributed by atoms with Gasteiger partial charge in [0.15, 0.2) is 5.69 Å². The predicted molar refractivity (Wildman–Crippen MR) is 79.8 cm³/mol. The van der Waals surface area contributed by atoms with Crippen LogP contribution in [-0.4, -0.2) is 39.8 Å². The van der Waals surface area contributed by atoms with Gasteiger partial charge in [0, 0.05) is 12.6 Å². The molecule has 1 N–H and O–H groups in total. The lowest BCUT2D eigenvalue weighted by molar-refractivity contribution is 0.309. The highest BCUT2D eigenvalue weighted by Gasteiger charge is 2.22. The van der Waals surface area contributed by atoms with Crippen LogP contribution in [0.4, 0.5) is 5.82 Å². The van der Waals surface area contributed by atoms with Gasteiger partial charge in [-0.25, -0.2) is 14.0 Å². The van der Waals surface area contributed by atoms with Crippen molar-refractivity contribution in [3.05, 3.63) is 33.7 Å². The Morgan fingerprint density at radius 1 is 1.39 bits per heavy atom. The third-order valence-corrected chi connectivity index (χ3v) is 3.08. The zero-order chi connectivity index (χ0) is 16.2. The van der Waals surface area contributed by atoms with Gasteiger partial charge in [-0.2, -0.15) is 0 Å². The molecule has 11 heteroatoms. The number of aliphatic imine (C=N–C) groups is 1. The van der Waals surface area contributed by atoms with E-state index in [0.717, 1.165) is 0 Å². The van der Waals surface area contributed by atoms with Gasteiger partial charge < -0.3 is 9.73 Å². The summed E-state index contributed by atoms with van der Waals surface area (Å²) in [6.45, 7) is 4.41. The zero-order valence-electron chi connectivity index (χ0n) is 11.7. The van der Waals surface area contributed by atoms with E-state index in [-0.39, 0.29) is 18.1 Å². The summed E-state index contributed by atoms with van der Waals surface area (Å²) in [7, 11) is 0. The molecule has 0 bridgehead atoms. The molecule has 0 saturated carbocycles. The molecule has 0 aliphatic carbocycles. The van der Waals surface area contributed by atoms with Crippen LogP contribution in [-0.2, 0) is 6.54 Å². The molecule has 3 aromatic heterocycles. The number of aromatic nitrogens is 4. The molecular weight excluding hydrogens is 328 g/mol. The number of nitrogens with zero attached hydrogens (tertiary/aromatic N) is 5. The van der Waals surface area contributed by atoms with Crippen LogP contribution in [0.5, 0.6) is 0 Å². The van der Waals surface area contributed by atoms with Gasteiger partial charge in [0.1, 0.15) is 12.0 Å². The first-order chi connectivity index (χ1) is 11.2. The molecule has 0 saturated heterocycles. The molecule has 0 amide bonds. The number of nitrogens with one attached hydrogen (secondary N) is 1. The maximum Gasteiger partial charge on any atom is 0.442 e. The Morgan fingerprint density at radius 2 is 2.26 bits per heavy atom. The van der Waals surface area contributed by atoms with E-state index in [4.69, 9.17) is 25.2 Å². The Morgan fingerprint density at radius 3 is 3.00 bits per heavy atom. The highest BCUT2D eigenvalue weighted by atomic mass is 35.5. The zero-order valence-corrected chi connectivity index (χ0v) is 12.5. The van der Waals surface area contributed by atoms with Gasteiger partial charge in [-0.3, -0.25) is 9.52 Å². The third-order valence-electron chi connectivity index (χ3n) is 2.88. The summed E-state index contributed by atoms with van der Waals surface area (Å²) in [5.41, 5.74) is 0.234. The Labute approximate surface area is 133 Å². The van der Waals surface area contributed by atoms with Crippen LogP contribution >= 0.6 is 11.6 Å². The second-order valence-corrected chi connectivity index (χ2v) is 4.86. The van der Waals surface area contributed by atoms with Gasteiger partial charge in [-0.05, 0) is 17.0 Å². The van der Waals surface area contributed by atoms with Crippen LogP contribution in [0.2, 0.25) is 5.02 Å². The summed E-state index contributed by atoms with van der Waals surface area (Å²) in [6, 6.07) is 1.58. The van der Waals surface area contributed by atoms with Crippen LogP contribution in [0.3, 0.4) is 0 Å². The molecule has 0 spiro atoms. The smallest absolute Gasteiger partial charge is 0.442 e. The summed E-state index contributed by atoms with van der Waals surface area (Å²) >= 11 is 5.79. The molecule has 0 aliphatic rings. The van der Waals surface area contributed by atoms with E-state index in [1.54, 1.807) is 6.07 Å². The molecule has 3 aromatic rings. The first kappa shape index (κ1) is 15.0. The molecule has 3 heterocycles. The van der Waals surface area contributed by atoms with Gasteiger partial charge in [0.25, 0.3) is 0 Å². The van der Waals surface area contributed by atoms with Gasteiger partial charge >= 0.3 is 5.76 Å². The Balaban J connectivity index is 1.90. The van der Waals surface area contributed by atoms with Gasteiger partial charge in [0.05, 0.1) is 18.1 Å². The molecule has 10 nitrogen and oxygen atoms in total. The van der Waals surface area contributed by atoms with Crippen molar-refractivity contribution in [2.45, 2.75) is 6.54 Å². The number of anilines is 1. The SMILES string of the molecule is C=NCCNc1nonc1-c1noc(=O)n1Cc1cc(Cl)co1. The minimum atomic E-state index is -0.672. The van der Waals surface area contributed by atoms with E-state index >= 15 is 0 Å². The summed E-state index contributed by atoms with van der Waals surface area (Å²) in [6.07, 6.45) is 1.36. The molecule has 0 radical (unpaired) electrons. The second-order valence-electron chi connectivity index (χ2n) is 4.42. The molecule has 23 heavy (non-hydrogen) atoms. The molecule has 120 valence electrons. The van der Waals surface area contributed by atoms with Crippen molar-refractivity contribution >= 4 is 24.1 Å². The number of furan rings is 1. The average molecular weight is 339 g/mol. The third kappa shape index (κ3) is 3.16. The van der Waals surface area contributed by atoms with Crippen LogP contribution in [0.1, 0.15) is 5.76 Å². The van der Waals surface area contributed by atoms with E-state index in [9.17, 15) is 4.79 Å². The lowest BCUT2D eigenvalue weighted by atomic mass is 10.3. The van der Waals surface area contributed by atoms with E-state index in [1.807, 2.05) is 0 Å². The topological polar surface area (TPSA) is 124 Å². The first-order valence-corrected chi connectivity index (χ1v) is 6.85. The van der Waals surface area contributed by atoms with Crippen molar-refractivity contribution in [3.63, 3.8) is 0 Å². The molecule has 0 aliphatic heterocycles. The van der Waals surface area contributed by atoms with Crippen molar-refractivity contribution in [2.75, 3.05) is 18.4 Å². The second kappa shape index (κ2) is 6.48. The quantitative estimate of drug-likeness (QED) is 0.504. The van der Waals surface area contributed by atoms with Crippen LogP contribution in [0.15, 0.2) is 35.7 Å². The van der Waals surface area contributed by atoms with E-state index < -0.39 is 5.76 Å². The summed E-state index contributed by atoms with van der Waals surface area (Å²) in [4.78, 5) is 15.6. The predicted octanol–water partition coefficient (Wildman–Crippen LogP) is 1.29. The van der Waals surface area contributed by atoms with Crippen molar-refractivity contribution in [2.24, 2.45) is 4.99 Å². The molecule has 0 unspecified atom stereocenters. The Kier molecular flexibility index (Phi) is 4.24. The summed E-state index contributed by atoms with van der Waals surface area (Å²) < 4.78 is 15.8. The lowest BCUT2D eigenvalue weighted by Gasteiger charge is -2.02. The highest BCUT2D eigenvalue weighted by molar-refractivity contribution is 6.30. The van der Waals surface area contributed by atoms with E-state index in [0.29, 0.717) is 29.7 Å². The van der Waals surface area contributed by atoms with Crippen LogP contribution < -0.4 is 11.1 Å². The van der Waals surface area contributed by atoms with Gasteiger partial charge in [0.2, 0.25) is 11.6 Å². The van der Waals surface area contributed by atoms with Crippen molar-refractivity contribution in [1.29, 1.82) is 0 Å². The normalized spacial score (nSPS) is 10.8. The highest BCUT2D eigenvalue weighted by Crippen LogP contribution is 2.23. The van der Waals surface area contributed by atoms with Crippen molar-refractivity contribution in [3.8, 4) is 11.5 Å². The fourth-order valence-corrected chi connectivity index (χ4v) is 2.04. The van der Waals surface area contributed by atoms with Gasteiger partial charge in [-0.1, -0.05) is 16.8 Å². The maximum absolute atomic E-state index is 11.9. The molecule has 0 fully saturated rings. The fraction of sp³-hybridized carbons (Fsp3) is 0.250. The lowest BCUT2D eigenvalue weighted by Crippen LogP contribution is -2.16. The molecule has 0 aromatic carbocycles. The molecule has 3 rings (SSSR count). The molecular formula is C12H11ClN6O4. The minimum absolute atomic E-state index is 0.0743. The first-order valence-electron chi connectivity index (χ1n) is 6.47. The van der Waals surface area contributed by atoms with Crippen molar-refractivity contribution < 1.29 is 13.6 Å². The summed E-state index contributed by atoms with van der Waals surface area (Å²) in [5, 5.41) is 14.6. The van der Waals surface area contributed by atoms with Crippen LogP contribution in [0, 0.1) is 0 Å². The standard InChI is InChI=1S/C12H11ClN6O4/c1-14-2-3-15-10-9(16-23-17-10)11-18-22-12(20)19(11)5-8-4-7(13)6-21-8/h4,6H,1-3,5H2,(H,15,17). The number of hydrogen-bond donors (Lipinski definition) is 1. The molecule has 0 atom stereocenters. The van der Waals surface area contributed by atoms with E-state index in [1.165, 1.54) is 10.8 Å². The van der Waals surface area contributed by atoms with Crippen LogP contribution in [0.25, 0.3) is 11.5 Å². The fourth-order valence-electron chi connectivity index (χ4n) is 1.87. The maximum atomic E-state index is 11.9. The van der Waals surface area contributed by atoms with E-state index in [2.05, 4.69) is 32.5 Å². The summed E-state index contributed by atoms with van der Waals surface area (Å²) in [5.74, 6) is 0.253. The van der Waals surface area contributed by atoms with Crippen molar-refractivity contribution in [1.82, 2.24) is 20.0 Å².